The van der Waals surface area contributed by atoms with Crippen molar-refractivity contribution in [2.24, 2.45) is 5.41 Å². The van der Waals surface area contributed by atoms with E-state index in [4.69, 9.17) is 14.2 Å². The molecule has 0 aliphatic carbocycles. The van der Waals surface area contributed by atoms with E-state index in [0.29, 0.717) is 11.5 Å². The maximum Gasteiger partial charge on any atom is 0.319 e. The predicted octanol–water partition coefficient (Wildman–Crippen LogP) is 2.37. The molecule has 0 amide bonds. The van der Waals surface area contributed by atoms with Gasteiger partial charge in [-0.25, -0.2) is 0 Å². The zero-order chi connectivity index (χ0) is 12.7. The first-order valence-electron chi connectivity index (χ1n) is 5.46. The third kappa shape index (κ3) is 1.64. The lowest BCUT2D eigenvalue weighted by Gasteiger charge is -2.36. The number of ether oxygens (including phenoxy) is 3. The highest BCUT2D eigenvalue weighted by molar-refractivity contribution is 5.77. The molecule has 0 fully saturated rings. The lowest BCUT2D eigenvalue weighted by atomic mass is 9.84. The molecule has 1 aliphatic heterocycles. The Bertz CT molecular complexity index is 425. The zero-order valence-corrected chi connectivity index (χ0v) is 10.4. The van der Waals surface area contributed by atoms with Crippen molar-refractivity contribution in [2.45, 2.75) is 26.6 Å². The minimum atomic E-state index is -1.05. The number of benzene rings is 1. The van der Waals surface area contributed by atoms with Crippen molar-refractivity contribution < 1.29 is 19.0 Å². The normalized spacial score (nSPS) is 16.7. The molecule has 0 radical (unpaired) electrons. The number of carbonyl (C=O) groups is 1. The number of fused-ring (bicyclic) bond motifs is 1. The van der Waals surface area contributed by atoms with Crippen molar-refractivity contribution in [3.63, 3.8) is 0 Å². The van der Waals surface area contributed by atoms with E-state index in [1.165, 1.54) is 7.11 Å². The van der Waals surface area contributed by atoms with Crippen LogP contribution in [0.3, 0.4) is 0 Å². The molecule has 0 saturated heterocycles. The van der Waals surface area contributed by atoms with Gasteiger partial charge in [0.2, 0.25) is 0 Å². The van der Waals surface area contributed by atoms with Crippen LogP contribution >= 0.6 is 0 Å². The lowest BCUT2D eigenvalue weighted by molar-refractivity contribution is -0.189. The zero-order valence-electron chi connectivity index (χ0n) is 10.4. The van der Waals surface area contributed by atoms with E-state index in [-0.39, 0.29) is 5.97 Å². The monoisotopic (exact) mass is 236 g/mol. The van der Waals surface area contributed by atoms with Crippen molar-refractivity contribution >= 4 is 5.97 Å². The largest absolute Gasteiger partial charge is 0.468 e. The van der Waals surface area contributed by atoms with Crippen LogP contribution in [0.5, 0.6) is 11.5 Å². The van der Waals surface area contributed by atoms with Crippen LogP contribution < -0.4 is 9.47 Å². The molecule has 1 aromatic rings. The molecule has 0 N–H and O–H groups in total. The summed E-state index contributed by atoms with van der Waals surface area (Å²) < 4.78 is 16.3. The topological polar surface area (TPSA) is 44.8 Å². The molecule has 0 spiro atoms. The first kappa shape index (κ1) is 11.8. The third-order valence-electron chi connectivity index (χ3n) is 3.29. The summed E-state index contributed by atoms with van der Waals surface area (Å²) in [4.78, 5) is 11.8. The van der Waals surface area contributed by atoms with Gasteiger partial charge in [-0.2, -0.15) is 0 Å². The maximum atomic E-state index is 11.8. The van der Waals surface area contributed by atoms with Crippen molar-refractivity contribution in [2.75, 3.05) is 7.11 Å². The van der Waals surface area contributed by atoms with E-state index in [2.05, 4.69) is 0 Å². The molecule has 2 rings (SSSR count). The summed E-state index contributed by atoms with van der Waals surface area (Å²) in [7, 11) is 1.36. The van der Waals surface area contributed by atoms with E-state index < -0.39 is 11.2 Å². The van der Waals surface area contributed by atoms with Gasteiger partial charge in [0, 0.05) is 6.92 Å². The second-order valence-corrected chi connectivity index (χ2v) is 4.71. The number of hydrogen-bond donors (Lipinski definition) is 0. The molecule has 0 bridgehead atoms. The number of hydrogen-bond acceptors (Lipinski definition) is 4. The third-order valence-corrected chi connectivity index (χ3v) is 3.29. The minimum absolute atomic E-state index is 0.368. The fourth-order valence-corrected chi connectivity index (χ4v) is 1.75. The summed E-state index contributed by atoms with van der Waals surface area (Å²) in [5.41, 5.74) is -0.902. The summed E-state index contributed by atoms with van der Waals surface area (Å²) in [6, 6.07) is 7.35. The van der Waals surface area contributed by atoms with E-state index in [1.807, 2.05) is 24.3 Å². The van der Waals surface area contributed by atoms with Crippen LogP contribution in [0.25, 0.3) is 0 Å². The molecule has 1 aliphatic rings. The van der Waals surface area contributed by atoms with Crippen molar-refractivity contribution in [3.05, 3.63) is 24.3 Å². The van der Waals surface area contributed by atoms with Gasteiger partial charge in [-0.15, -0.1) is 0 Å². The quantitative estimate of drug-likeness (QED) is 0.739. The summed E-state index contributed by atoms with van der Waals surface area (Å²) >= 11 is 0. The Hall–Kier alpha value is -1.71. The fourth-order valence-electron chi connectivity index (χ4n) is 1.75. The van der Waals surface area contributed by atoms with Crippen LogP contribution in [-0.4, -0.2) is 18.9 Å². The highest BCUT2D eigenvalue weighted by Crippen LogP contribution is 2.46. The summed E-state index contributed by atoms with van der Waals surface area (Å²) in [6.07, 6.45) is 0. The van der Waals surface area contributed by atoms with Gasteiger partial charge in [-0.1, -0.05) is 12.1 Å². The molecule has 0 unspecified atom stereocenters. The number of carbonyl (C=O) groups excluding carboxylic acids is 1. The van der Waals surface area contributed by atoms with Crippen molar-refractivity contribution in [1.82, 2.24) is 0 Å². The first-order chi connectivity index (χ1) is 7.90. The van der Waals surface area contributed by atoms with Gasteiger partial charge in [0.05, 0.1) is 7.11 Å². The summed E-state index contributed by atoms with van der Waals surface area (Å²) in [5, 5.41) is 0. The average molecular weight is 236 g/mol. The predicted molar refractivity (Wildman–Crippen MR) is 61.9 cm³/mol. The van der Waals surface area contributed by atoms with Crippen LogP contribution in [0.15, 0.2) is 24.3 Å². The average Bonchev–Trinajstić information content (AvgIpc) is 2.65. The first-order valence-corrected chi connectivity index (χ1v) is 5.46. The number of esters is 1. The molecule has 0 aromatic heterocycles. The van der Waals surface area contributed by atoms with Crippen LogP contribution in [0.4, 0.5) is 0 Å². The Morgan fingerprint density at radius 1 is 1.24 bits per heavy atom. The molecule has 0 saturated carbocycles. The number of rotatable bonds is 2. The van der Waals surface area contributed by atoms with E-state index in [0.717, 1.165) is 0 Å². The van der Waals surface area contributed by atoms with Crippen LogP contribution in [-0.2, 0) is 9.53 Å². The molecule has 1 aromatic carbocycles. The second kappa shape index (κ2) is 3.65. The Morgan fingerprint density at radius 3 is 2.12 bits per heavy atom. The van der Waals surface area contributed by atoms with E-state index in [9.17, 15) is 4.79 Å². The molecule has 0 atom stereocenters. The standard InChI is InChI=1S/C13H16O4/c1-12(2,11(14)15-4)13(3)16-9-7-5-6-8-10(9)17-13/h5-8H,1-4H3. The molecule has 92 valence electrons. The smallest absolute Gasteiger partial charge is 0.319 e. The van der Waals surface area contributed by atoms with Crippen molar-refractivity contribution in [3.8, 4) is 11.5 Å². The Balaban J connectivity index is 2.33. The van der Waals surface area contributed by atoms with Crippen molar-refractivity contribution in [1.29, 1.82) is 0 Å². The highest BCUT2D eigenvalue weighted by Gasteiger charge is 2.55. The van der Waals surface area contributed by atoms with Crippen LogP contribution in [0.1, 0.15) is 20.8 Å². The van der Waals surface area contributed by atoms with Gasteiger partial charge in [0.15, 0.2) is 11.5 Å². The molecule has 1 heterocycles. The summed E-state index contributed by atoms with van der Waals surface area (Å²) in [6.45, 7) is 5.22. The highest BCUT2D eigenvalue weighted by atomic mass is 16.7. The van der Waals surface area contributed by atoms with Crippen LogP contribution in [0.2, 0.25) is 0 Å². The van der Waals surface area contributed by atoms with Gasteiger partial charge < -0.3 is 14.2 Å². The van der Waals surface area contributed by atoms with Gasteiger partial charge in [0.25, 0.3) is 5.79 Å². The van der Waals surface area contributed by atoms with E-state index in [1.54, 1.807) is 20.8 Å². The van der Waals surface area contributed by atoms with E-state index >= 15 is 0 Å². The fraction of sp³-hybridized carbons (Fsp3) is 0.462. The lowest BCUT2D eigenvalue weighted by Crippen LogP contribution is -2.53. The maximum absolute atomic E-state index is 11.8. The minimum Gasteiger partial charge on any atom is -0.468 e. The van der Waals surface area contributed by atoms with Gasteiger partial charge in [0.1, 0.15) is 5.41 Å². The number of methoxy groups -OCH3 is 1. The Labute approximate surface area is 100 Å². The molecule has 4 heteroatoms. The van der Waals surface area contributed by atoms with Gasteiger partial charge >= 0.3 is 5.97 Å². The second-order valence-electron chi connectivity index (χ2n) is 4.71. The SMILES string of the molecule is COC(=O)C(C)(C)C1(C)Oc2ccccc2O1. The Kier molecular flexibility index (Phi) is 2.53. The molecule has 17 heavy (non-hydrogen) atoms. The summed E-state index contributed by atoms with van der Waals surface area (Å²) in [5.74, 6) is -0.129. The number of para-hydroxylation sites is 2. The van der Waals surface area contributed by atoms with Crippen LogP contribution in [0, 0.1) is 5.41 Å². The van der Waals surface area contributed by atoms with Gasteiger partial charge in [-0.05, 0) is 26.0 Å². The molecule has 4 nitrogen and oxygen atoms in total. The Morgan fingerprint density at radius 2 is 1.71 bits per heavy atom. The molecular formula is C13H16O4. The molecular weight excluding hydrogens is 220 g/mol. The van der Waals surface area contributed by atoms with Gasteiger partial charge in [-0.3, -0.25) is 4.79 Å².